The van der Waals surface area contributed by atoms with Crippen molar-refractivity contribution in [3.05, 3.63) is 24.3 Å². The molecule has 0 aliphatic rings. The molecule has 0 spiro atoms. The number of carbonyl (C=O) groups excluding carboxylic acids is 2. The number of rotatable bonds is 6. The number of nitrogens with two attached hydrogens (primary N) is 1. The first-order valence-corrected chi connectivity index (χ1v) is 6.98. The molecule has 0 saturated carbocycles. The number of anilines is 2. The first kappa shape index (κ1) is 17.0. The molecule has 1 aromatic rings. The van der Waals surface area contributed by atoms with Crippen LogP contribution < -0.4 is 16.4 Å². The topological polar surface area (TPSA) is 93.5 Å². The first-order chi connectivity index (χ1) is 10.0. The van der Waals surface area contributed by atoms with Gasteiger partial charge in [-0.3, -0.25) is 10.1 Å². The summed E-state index contributed by atoms with van der Waals surface area (Å²) in [5.41, 5.74) is 6.35. The summed E-state index contributed by atoms with van der Waals surface area (Å²) in [4.78, 5) is 23.6. The van der Waals surface area contributed by atoms with Crippen molar-refractivity contribution in [2.45, 2.75) is 26.7 Å². The Balaban J connectivity index is 2.85. The van der Waals surface area contributed by atoms with Crippen LogP contribution in [0.15, 0.2) is 24.3 Å². The van der Waals surface area contributed by atoms with Crippen LogP contribution in [0.5, 0.6) is 0 Å². The molecule has 6 nitrogen and oxygen atoms in total. The molecule has 21 heavy (non-hydrogen) atoms. The van der Waals surface area contributed by atoms with E-state index in [-0.39, 0.29) is 5.91 Å². The predicted octanol–water partition coefficient (Wildman–Crippen LogP) is 2.57. The Bertz CT molecular complexity index is 490. The quantitative estimate of drug-likeness (QED) is 0.751. The van der Waals surface area contributed by atoms with Gasteiger partial charge in [0, 0.05) is 17.9 Å². The van der Waals surface area contributed by atoms with E-state index < -0.39 is 11.5 Å². The lowest BCUT2D eigenvalue weighted by molar-refractivity contribution is -0.125. The molecule has 0 radical (unpaired) electrons. The highest BCUT2D eigenvalue weighted by molar-refractivity contribution is 5.96. The van der Waals surface area contributed by atoms with Gasteiger partial charge in [0.05, 0.1) is 12.5 Å². The number of carbonyl (C=O) groups is 2. The first-order valence-electron chi connectivity index (χ1n) is 6.98. The van der Waals surface area contributed by atoms with E-state index in [9.17, 15) is 9.59 Å². The van der Waals surface area contributed by atoms with E-state index in [1.165, 1.54) is 7.11 Å². The van der Waals surface area contributed by atoms with Crippen molar-refractivity contribution < 1.29 is 14.3 Å². The number of hydrogen-bond acceptors (Lipinski definition) is 4. The lowest BCUT2D eigenvalue weighted by Crippen LogP contribution is -2.41. The highest BCUT2D eigenvalue weighted by Crippen LogP contribution is 2.27. The van der Waals surface area contributed by atoms with E-state index in [2.05, 4.69) is 15.4 Å². The number of amides is 2. The van der Waals surface area contributed by atoms with Gasteiger partial charge in [0.15, 0.2) is 0 Å². The predicted molar refractivity (Wildman–Crippen MR) is 83.2 cm³/mol. The van der Waals surface area contributed by atoms with Crippen LogP contribution in [0.3, 0.4) is 0 Å². The fourth-order valence-electron chi connectivity index (χ4n) is 2.06. The van der Waals surface area contributed by atoms with Crippen LogP contribution in [0.2, 0.25) is 0 Å². The molecule has 1 rings (SSSR count). The summed E-state index contributed by atoms with van der Waals surface area (Å²) < 4.78 is 4.53. The number of benzene rings is 1. The Morgan fingerprint density at radius 1 is 1.19 bits per heavy atom. The van der Waals surface area contributed by atoms with Crippen molar-refractivity contribution in [3.63, 3.8) is 0 Å². The third-order valence-corrected chi connectivity index (χ3v) is 3.78. The summed E-state index contributed by atoms with van der Waals surface area (Å²) in [6.07, 6.45) is 0.787. The van der Waals surface area contributed by atoms with Crippen molar-refractivity contribution in [1.82, 2.24) is 0 Å². The van der Waals surface area contributed by atoms with Crippen molar-refractivity contribution in [2.75, 3.05) is 24.3 Å². The van der Waals surface area contributed by atoms with Gasteiger partial charge in [-0.2, -0.15) is 0 Å². The lowest BCUT2D eigenvalue weighted by atomic mass is 9.81. The van der Waals surface area contributed by atoms with E-state index >= 15 is 0 Å². The van der Waals surface area contributed by atoms with Gasteiger partial charge in [0.25, 0.3) is 0 Å². The summed E-state index contributed by atoms with van der Waals surface area (Å²) in [7, 11) is 1.29. The SMILES string of the molecule is CCC(CC)(CN)C(=O)Nc1cccc(NC(=O)OC)c1. The zero-order valence-corrected chi connectivity index (χ0v) is 12.7. The maximum Gasteiger partial charge on any atom is 0.411 e. The van der Waals surface area contributed by atoms with Crippen LogP contribution in [0.4, 0.5) is 16.2 Å². The maximum atomic E-state index is 12.4. The van der Waals surface area contributed by atoms with Gasteiger partial charge in [-0.05, 0) is 31.0 Å². The second kappa shape index (κ2) is 7.64. The molecule has 0 unspecified atom stereocenters. The number of nitrogens with one attached hydrogen (secondary N) is 2. The second-order valence-electron chi connectivity index (χ2n) is 4.84. The van der Waals surface area contributed by atoms with Gasteiger partial charge in [-0.15, -0.1) is 0 Å². The summed E-state index contributed by atoms with van der Waals surface area (Å²) in [6, 6.07) is 6.87. The standard InChI is InChI=1S/C15H23N3O3/c1-4-15(5-2,10-16)13(19)17-11-7-6-8-12(9-11)18-14(20)21-3/h6-9H,4-5,10,16H2,1-3H3,(H,17,19)(H,18,20). The molecule has 0 aromatic heterocycles. The van der Waals surface area contributed by atoms with E-state index in [0.717, 1.165) is 0 Å². The molecule has 116 valence electrons. The van der Waals surface area contributed by atoms with Crippen molar-refractivity contribution >= 4 is 23.4 Å². The summed E-state index contributed by atoms with van der Waals surface area (Å²) in [6.45, 7) is 4.20. The van der Waals surface area contributed by atoms with E-state index in [1.807, 2.05) is 13.8 Å². The molecule has 0 aliphatic carbocycles. The fourth-order valence-corrected chi connectivity index (χ4v) is 2.06. The average molecular weight is 293 g/mol. The van der Waals surface area contributed by atoms with Gasteiger partial charge in [-0.25, -0.2) is 4.79 Å². The Kier molecular flexibility index (Phi) is 6.17. The highest BCUT2D eigenvalue weighted by Gasteiger charge is 2.33. The maximum absolute atomic E-state index is 12.4. The van der Waals surface area contributed by atoms with Gasteiger partial charge >= 0.3 is 6.09 Å². The van der Waals surface area contributed by atoms with E-state index in [4.69, 9.17) is 5.73 Å². The molecule has 0 fully saturated rings. The largest absolute Gasteiger partial charge is 0.453 e. The molecule has 0 aliphatic heterocycles. The minimum atomic E-state index is -0.564. The minimum absolute atomic E-state index is 0.106. The third-order valence-electron chi connectivity index (χ3n) is 3.78. The molecule has 6 heteroatoms. The van der Waals surface area contributed by atoms with Crippen LogP contribution in [-0.2, 0) is 9.53 Å². The van der Waals surface area contributed by atoms with Crippen LogP contribution in [0.25, 0.3) is 0 Å². The molecule has 0 saturated heterocycles. The van der Waals surface area contributed by atoms with Gasteiger partial charge < -0.3 is 15.8 Å². The number of hydrogen-bond donors (Lipinski definition) is 3. The molecule has 0 heterocycles. The van der Waals surface area contributed by atoms with Gasteiger partial charge in [0.2, 0.25) is 5.91 Å². The molecule has 0 atom stereocenters. The van der Waals surface area contributed by atoms with Crippen LogP contribution in [0.1, 0.15) is 26.7 Å². The summed E-state index contributed by atoms with van der Waals surface area (Å²) >= 11 is 0. The van der Waals surface area contributed by atoms with E-state index in [0.29, 0.717) is 30.8 Å². The van der Waals surface area contributed by atoms with Crippen LogP contribution in [-0.4, -0.2) is 25.7 Å². The zero-order valence-electron chi connectivity index (χ0n) is 12.7. The zero-order chi connectivity index (χ0) is 15.9. The molecular weight excluding hydrogens is 270 g/mol. The molecule has 2 amide bonds. The average Bonchev–Trinajstić information content (AvgIpc) is 2.50. The van der Waals surface area contributed by atoms with Crippen LogP contribution >= 0.6 is 0 Å². The Hall–Kier alpha value is -2.08. The molecular formula is C15H23N3O3. The smallest absolute Gasteiger partial charge is 0.411 e. The monoisotopic (exact) mass is 293 g/mol. The van der Waals surface area contributed by atoms with Gasteiger partial charge in [0.1, 0.15) is 0 Å². The summed E-state index contributed by atoms with van der Waals surface area (Å²) in [5, 5.41) is 5.40. The number of methoxy groups -OCH3 is 1. The Morgan fingerprint density at radius 2 is 1.76 bits per heavy atom. The fraction of sp³-hybridized carbons (Fsp3) is 0.467. The summed E-state index contributed by atoms with van der Waals surface area (Å²) in [5.74, 6) is -0.106. The van der Waals surface area contributed by atoms with Gasteiger partial charge in [-0.1, -0.05) is 19.9 Å². The highest BCUT2D eigenvalue weighted by atomic mass is 16.5. The molecule has 4 N–H and O–H groups in total. The third kappa shape index (κ3) is 4.19. The Labute approximate surface area is 125 Å². The van der Waals surface area contributed by atoms with Crippen LogP contribution in [0, 0.1) is 5.41 Å². The number of ether oxygens (including phenoxy) is 1. The Morgan fingerprint density at radius 3 is 2.24 bits per heavy atom. The van der Waals surface area contributed by atoms with E-state index in [1.54, 1.807) is 24.3 Å². The normalized spacial score (nSPS) is 10.9. The second-order valence-corrected chi connectivity index (χ2v) is 4.84. The van der Waals surface area contributed by atoms with Crippen molar-refractivity contribution in [2.24, 2.45) is 11.1 Å². The minimum Gasteiger partial charge on any atom is -0.453 e. The molecule has 0 bridgehead atoms. The van der Waals surface area contributed by atoms with Crippen molar-refractivity contribution in [1.29, 1.82) is 0 Å². The molecule has 1 aromatic carbocycles. The van der Waals surface area contributed by atoms with Crippen molar-refractivity contribution in [3.8, 4) is 0 Å². The lowest BCUT2D eigenvalue weighted by Gasteiger charge is -2.28.